The van der Waals surface area contributed by atoms with Gasteiger partial charge in [0.05, 0.1) is 18.9 Å². The van der Waals surface area contributed by atoms with Crippen molar-refractivity contribution in [2.75, 3.05) is 50.8 Å². The number of ether oxygens (including phenoxy) is 2. The van der Waals surface area contributed by atoms with Gasteiger partial charge in [0.15, 0.2) is 6.10 Å². The Kier molecular flexibility index (Phi) is 8.36. The lowest BCUT2D eigenvalue weighted by atomic mass is 10.0. The van der Waals surface area contributed by atoms with Gasteiger partial charge in [0.2, 0.25) is 5.91 Å². The van der Waals surface area contributed by atoms with Crippen molar-refractivity contribution in [3.8, 4) is 5.75 Å². The molecule has 2 aromatic rings. The number of nitrogens with zero attached hydrogens (tertiary/aromatic N) is 3. The number of fused-ring (bicyclic) bond motifs is 1. The van der Waals surface area contributed by atoms with E-state index in [0.29, 0.717) is 24.5 Å². The molecule has 1 saturated heterocycles. The van der Waals surface area contributed by atoms with Crippen LogP contribution in [-0.2, 0) is 20.9 Å². The van der Waals surface area contributed by atoms with Crippen molar-refractivity contribution in [3.05, 3.63) is 59.9 Å². The van der Waals surface area contributed by atoms with Crippen molar-refractivity contribution in [2.24, 2.45) is 5.92 Å². The van der Waals surface area contributed by atoms with Gasteiger partial charge < -0.3 is 14.4 Å². The minimum absolute atomic E-state index is 0.0303. The summed E-state index contributed by atoms with van der Waals surface area (Å²) in [6, 6.07) is 13.5. The topological polar surface area (TPSA) is 62.3 Å². The highest BCUT2D eigenvalue weighted by Gasteiger charge is 2.37. The molecule has 2 heterocycles. The third-order valence-corrected chi connectivity index (χ3v) is 6.46. The quantitative estimate of drug-likeness (QED) is 0.548. The Balaban J connectivity index is 1.49. The molecular weight excluding hydrogens is 449 g/mol. The Labute approximate surface area is 206 Å². The second kappa shape index (κ2) is 11.6. The minimum atomic E-state index is -0.635. The van der Waals surface area contributed by atoms with E-state index in [-0.39, 0.29) is 30.1 Å². The molecule has 1 unspecified atom stereocenters. The summed E-state index contributed by atoms with van der Waals surface area (Å²) in [4.78, 5) is 32.5. The predicted molar refractivity (Wildman–Crippen MR) is 132 cm³/mol. The summed E-state index contributed by atoms with van der Waals surface area (Å²) in [5, 5.41) is 0. The Morgan fingerprint density at radius 1 is 1.11 bits per heavy atom. The average Bonchev–Trinajstić information content (AvgIpc) is 2.86. The normalized spacial score (nSPS) is 18.3. The standard InChI is InChI=1S/C27H34FN3O4/c1-20(2)26-27(33)31(23-6-3-4-7-24(23)35-26)19-25(32)30(18-21-8-10-22(28)11-9-21)13-5-12-29-14-16-34-17-15-29/h3-4,6-11,20,26H,5,12-19H2,1-2H3. The molecule has 0 saturated carbocycles. The summed E-state index contributed by atoms with van der Waals surface area (Å²) in [7, 11) is 0. The van der Waals surface area contributed by atoms with Gasteiger partial charge in [0.1, 0.15) is 18.1 Å². The Bertz CT molecular complexity index is 1010. The van der Waals surface area contributed by atoms with Gasteiger partial charge in [0.25, 0.3) is 5.91 Å². The number of carbonyl (C=O) groups is 2. The van der Waals surface area contributed by atoms with Gasteiger partial charge in [-0.15, -0.1) is 0 Å². The molecule has 2 aliphatic rings. The molecule has 35 heavy (non-hydrogen) atoms. The third-order valence-electron chi connectivity index (χ3n) is 6.46. The van der Waals surface area contributed by atoms with E-state index < -0.39 is 6.10 Å². The highest BCUT2D eigenvalue weighted by Crippen LogP contribution is 2.35. The number of morpholine rings is 1. The van der Waals surface area contributed by atoms with Crippen molar-refractivity contribution in [2.45, 2.75) is 32.9 Å². The minimum Gasteiger partial charge on any atom is -0.478 e. The van der Waals surface area contributed by atoms with E-state index in [4.69, 9.17) is 9.47 Å². The van der Waals surface area contributed by atoms with Crippen molar-refractivity contribution >= 4 is 17.5 Å². The van der Waals surface area contributed by atoms with Gasteiger partial charge in [-0.05, 0) is 42.2 Å². The molecular formula is C27H34FN3O4. The van der Waals surface area contributed by atoms with Crippen LogP contribution >= 0.6 is 0 Å². The van der Waals surface area contributed by atoms with Gasteiger partial charge in [-0.1, -0.05) is 38.1 Å². The van der Waals surface area contributed by atoms with E-state index in [9.17, 15) is 14.0 Å². The number of hydrogen-bond acceptors (Lipinski definition) is 5. The number of anilines is 1. The van der Waals surface area contributed by atoms with E-state index >= 15 is 0 Å². The first-order valence-electron chi connectivity index (χ1n) is 12.3. The zero-order chi connectivity index (χ0) is 24.8. The van der Waals surface area contributed by atoms with Gasteiger partial charge in [-0.3, -0.25) is 19.4 Å². The van der Waals surface area contributed by atoms with Crippen LogP contribution in [0.1, 0.15) is 25.8 Å². The summed E-state index contributed by atoms with van der Waals surface area (Å²) in [5.41, 5.74) is 1.46. The van der Waals surface area contributed by atoms with Crippen LogP contribution in [0.2, 0.25) is 0 Å². The second-order valence-corrected chi connectivity index (χ2v) is 9.42. The molecule has 0 N–H and O–H groups in total. The number of rotatable bonds is 9. The summed E-state index contributed by atoms with van der Waals surface area (Å²) in [6.45, 7) is 8.81. The smallest absolute Gasteiger partial charge is 0.268 e. The van der Waals surface area contributed by atoms with Crippen LogP contribution in [0.3, 0.4) is 0 Å². The maximum atomic E-state index is 13.6. The van der Waals surface area contributed by atoms with Gasteiger partial charge in [0, 0.05) is 32.7 Å². The number of benzene rings is 2. The molecule has 188 valence electrons. The first-order chi connectivity index (χ1) is 16.9. The summed E-state index contributed by atoms with van der Waals surface area (Å²) < 4.78 is 24.8. The zero-order valence-electron chi connectivity index (χ0n) is 20.5. The number of para-hydroxylation sites is 2. The highest BCUT2D eigenvalue weighted by molar-refractivity contribution is 6.04. The lowest BCUT2D eigenvalue weighted by molar-refractivity contribution is -0.134. The summed E-state index contributed by atoms with van der Waals surface area (Å²) in [5.74, 6) is -0.0894. The lowest BCUT2D eigenvalue weighted by Crippen LogP contribution is -2.52. The Hall–Kier alpha value is -2.97. The fraction of sp³-hybridized carbons (Fsp3) is 0.481. The molecule has 1 fully saturated rings. The molecule has 1 atom stereocenters. The highest BCUT2D eigenvalue weighted by atomic mass is 19.1. The monoisotopic (exact) mass is 483 g/mol. The van der Waals surface area contributed by atoms with Crippen LogP contribution in [0, 0.1) is 11.7 Å². The SMILES string of the molecule is CC(C)C1Oc2ccccc2N(CC(=O)N(CCCN2CCOCC2)Cc2ccc(F)cc2)C1=O. The van der Waals surface area contributed by atoms with Crippen LogP contribution < -0.4 is 9.64 Å². The Morgan fingerprint density at radius 2 is 1.83 bits per heavy atom. The molecule has 0 spiro atoms. The fourth-order valence-electron chi connectivity index (χ4n) is 4.47. The number of carbonyl (C=O) groups excluding carboxylic acids is 2. The van der Waals surface area contributed by atoms with Crippen molar-refractivity contribution < 1.29 is 23.5 Å². The van der Waals surface area contributed by atoms with Gasteiger partial charge in [-0.25, -0.2) is 4.39 Å². The van der Waals surface area contributed by atoms with Gasteiger partial charge >= 0.3 is 0 Å². The molecule has 8 heteroatoms. The van der Waals surface area contributed by atoms with E-state index in [1.165, 1.54) is 12.1 Å². The number of halogens is 1. The molecule has 0 bridgehead atoms. The van der Waals surface area contributed by atoms with Crippen LogP contribution in [0.15, 0.2) is 48.5 Å². The Morgan fingerprint density at radius 3 is 2.54 bits per heavy atom. The van der Waals surface area contributed by atoms with Crippen molar-refractivity contribution in [1.29, 1.82) is 0 Å². The molecule has 7 nitrogen and oxygen atoms in total. The molecule has 0 aliphatic carbocycles. The third kappa shape index (κ3) is 6.38. The molecule has 2 aliphatic heterocycles. The van der Waals surface area contributed by atoms with E-state index in [0.717, 1.165) is 44.8 Å². The van der Waals surface area contributed by atoms with Gasteiger partial charge in [-0.2, -0.15) is 0 Å². The summed E-state index contributed by atoms with van der Waals surface area (Å²) in [6.07, 6.45) is 0.166. The van der Waals surface area contributed by atoms with E-state index in [2.05, 4.69) is 4.90 Å². The van der Waals surface area contributed by atoms with Crippen LogP contribution in [0.25, 0.3) is 0 Å². The maximum Gasteiger partial charge on any atom is 0.268 e. The van der Waals surface area contributed by atoms with Crippen molar-refractivity contribution in [3.63, 3.8) is 0 Å². The van der Waals surface area contributed by atoms with Crippen LogP contribution in [-0.4, -0.2) is 73.7 Å². The lowest BCUT2D eigenvalue weighted by Gasteiger charge is -2.36. The molecule has 2 amide bonds. The van der Waals surface area contributed by atoms with Crippen molar-refractivity contribution in [1.82, 2.24) is 9.80 Å². The second-order valence-electron chi connectivity index (χ2n) is 9.42. The average molecular weight is 484 g/mol. The van der Waals surface area contributed by atoms with Crippen LogP contribution in [0.5, 0.6) is 5.75 Å². The molecule has 0 radical (unpaired) electrons. The van der Waals surface area contributed by atoms with E-state index in [1.54, 1.807) is 28.0 Å². The number of hydrogen-bond donors (Lipinski definition) is 0. The first kappa shape index (κ1) is 25.1. The molecule has 2 aromatic carbocycles. The summed E-state index contributed by atoms with van der Waals surface area (Å²) >= 11 is 0. The number of amides is 2. The predicted octanol–water partition coefficient (Wildman–Crippen LogP) is 3.33. The maximum absolute atomic E-state index is 13.6. The molecule has 0 aromatic heterocycles. The molecule has 4 rings (SSSR count). The first-order valence-corrected chi connectivity index (χ1v) is 12.3. The van der Waals surface area contributed by atoms with E-state index in [1.807, 2.05) is 32.0 Å². The van der Waals surface area contributed by atoms with Crippen LogP contribution in [0.4, 0.5) is 10.1 Å². The zero-order valence-corrected chi connectivity index (χ0v) is 20.5. The fourth-order valence-corrected chi connectivity index (χ4v) is 4.47. The largest absolute Gasteiger partial charge is 0.478 e.